The van der Waals surface area contributed by atoms with Gasteiger partial charge in [-0.3, -0.25) is 20.2 Å². The number of carbonyl (C=O) groups is 5. The SMILES string of the molecule is O=C(COC(=O)c1ccccc1SCC(=O)NC(=O)NC1CCCC1)NC(=O)NC1CCCC1. The van der Waals surface area contributed by atoms with E-state index >= 15 is 0 Å². The fourth-order valence-electron chi connectivity index (χ4n) is 4.02. The highest BCUT2D eigenvalue weighted by Crippen LogP contribution is 2.23. The van der Waals surface area contributed by atoms with Crippen LogP contribution in [0.3, 0.4) is 0 Å². The van der Waals surface area contributed by atoms with Crippen molar-refractivity contribution in [3.05, 3.63) is 29.8 Å². The van der Waals surface area contributed by atoms with Crippen LogP contribution in [0.15, 0.2) is 29.2 Å². The van der Waals surface area contributed by atoms with E-state index in [1.165, 1.54) is 6.07 Å². The maximum absolute atomic E-state index is 12.5. The van der Waals surface area contributed by atoms with Gasteiger partial charge in [0.2, 0.25) is 5.91 Å². The Morgan fingerprint density at radius 2 is 1.32 bits per heavy atom. The van der Waals surface area contributed by atoms with Crippen molar-refractivity contribution in [2.45, 2.75) is 68.3 Å². The topological polar surface area (TPSA) is 143 Å². The summed E-state index contributed by atoms with van der Waals surface area (Å²) in [7, 11) is 0. The first kappa shape index (κ1) is 25.5. The van der Waals surface area contributed by atoms with Crippen LogP contribution in [0.2, 0.25) is 0 Å². The van der Waals surface area contributed by atoms with E-state index in [-0.39, 0.29) is 23.4 Å². The van der Waals surface area contributed by atoms with Crippen molar-refractivity contribution in [3.63, 3.8) is 0 Å². The molecule has 2 saturated carbocycles. The van der Waals surface area contributed by atoms with Gasteiger partial charge in [-0.05, 0) is 37.8 Å². The van der Waals surface area contributed by atoms with Crippen LogP contribution in [0, 0.1) is 0 Å². The molecule has 2 aliphatic carbocycles. The Morgan fingerprint density at radius 1 is 0.794 bits per heavy atom. The molecule has 0 bridgehead atoms. The minimum atomic E-state index is -0.756. The van der Waals surface area contributed by atoms with Crippen molar-refractivity contribution in [2.75, 3.05) is 12.4 Å². The zero-order valence-corrected chi connectivity index (χ0v) is 19.7. The number of ether oxygens (including phenoxy) is 1. The molecule has 2 fully saturated rings. The lowest BCUT2D eigenvalue weighted by Crippen LogP contribution is -2.45. The van der Waals surface area contributed by atoms with Gasteiger partial charge < -0.3 is 15.4 Å². The number of thioether (sulfide) groups is 1. The van der Waals surface area contributed by atoms with Crippen LogP contribution in [0.25, 0.3) is 0 Å². The van der Waals surface area contributed by atoms with Crippen LogP contribution in [-0.2, 0) is 14.3 Å². The van der Waals surface area contributed by atoms with Crippen molar-refractivity contribution in [2.24, 2.45) is 0 Å². The summed E-state index contributed by atoms with van der Waals surface area (Å²) >= 11 is 1.07. The minimum Gasteiger partial charge on any atom is -0.452 e. The van der Waals surface area contributed by atoms with Crippen LogP contribution in [-0.4, -0.2) is 54.3 Å². The van der Waals surface area contributed by atoms with E-state index in [2.05, 4.69) is 21.3 Å². The highest BCUT2D eigenvalue weighted by Gasteiger charge is 2.21. The summed E-state index contributed by atoms with van der Waals surface area (Å²) in [5.74, 6) is -2.06. The molecule has 0 saturated heterocycles. The van der Waals surface area contributed by atoms with Crippen LogP contribution in [0.4, 0.5) is 9.59 Å². The van der Waals surface area contributed by atoms with Gasteiger partial charge >= 0.3 is 18.0 Å². The summed E-state index contributed by atoms with van der Waals surface area (Å²) in [4.78, 5) is 60.8. The molecule has 4 N–H and O–H groups in total. The molecule has 6 amide bonds. The summed E-state index contributed by atoms with van der Waals surface area (Å²) < 4.78 is 5.04. The number of benzene rings is 1. The lowest BCUT2D eigenvalue weighted by molar-refractivity contribution is -0.123. The third kappa shape index (κ3) is 8.36. The minimum absolute atomic E-state index is 0.0604. The summed E-state index contributed by atoms with van der Waals surface area (Å²) in [5, 5.41) is 9.94. The fraction of sp³-hybridized carbons (Fsp3) is 0.522. The molecule has 3 rings (SSSR count). The Labute approximate surface area is 202 Å². The predicted octanol–water partition coefficient (Wildman–Crippen LogP) is 2.47. The standard InChI is InChI=1S/C23H30N4O6S/c28-19(26-22(31)24-15-7-1-2-8-15)13-33-21(30)17-11-5-6-12-18(17)34-14-20(29)27-23(32)25-16-9-3-4-10-16/h5-6,11-12,15-16H,1-4,7-10,13-14H2,(H2,24,26,28,31)(H2,25,27,29,32). The van der Waals surface area contributed by atoms with Gasteiger partial charge in [-0.15, -0.1) is 11.8 Å². The zero-order chi connectivity index (χ0) is 24.3. The summed E-state index contributed by atoms with van der Waals surface area (Å²) in [6, 6.07) is 5.52. The molecule has 0 heterocycles. The second-order valence-electron chi connectivity index (χ2n) is 8.37. The van der Waals surface area contributed by atoms with E-state index in [9.17, 15) is 24.0 Å². The van der Waals surface area contributed by atoms with Crippen molar-refractivity contribution in [1.82, 2.24) is 21.3 Å². The normalized spacial score (nSPS) is 16.0. The molecule has 0 unspecified atom stereocenters. The molecule has 1 aromatic rings. The molecule has 0 aromatic heterocycles. The molecule has 0 atom stereocenters. The van der Waals surface area contributed by atoms with E-state index < -0.39 is 36.5 Å². The summed E-state index contributed by atoms with van der Waals surface area (Å²) in [5.41, 5.74) is 0.180. The predicted molar refractivity (Wildman–Crippen MR) is 125 cm³/mol. The largest absolute Gasteiger partial charge is 0.452 e. The summed E-state index contributed by atoms with van der Waals surface area (Å²) in [6.45, 7) is -0.613. The molecular formula is C23H30N4O6S. The van der Waals surface area contributed by atoms with Crippen molar-refractivity contribution < 1.29 is 28.7 Å². The van der Waals surface area contributed by atoms with Gasteiger partial charge in [0, 0.05) is 17.0 Å². The van der Waals surface area contributed by atoms with E-state index in [1.807, 2.05) is 0 Å². The molecule has 0 spiro atoms. The molecule has 184 valence electrons. The number of carbonyl (C=O) groups excluding carboxylic acids is 5. The molecule has 0 aliphatic heterocycles. The highest BCUT2D eigenvalue weighted by molar-refractivity contribution is 8.00. The molecule has 34 heavy (non-hydrogen) atoms. The molecule has 10 nitrogen and oxygen atoms in total. The average molecular weight is 491 g/mol. The maximum Gasteiger partial charge on any atom is 0.339 e. The Morgan fingerprint density at radius 3 is 1.91 bits per heavy atom. The molecule has 0 radical (unpaired) electrons. The van der Waals surface area contributed by atoms with Gasteiger partial charge in [-0.1, -0.05) is 37.8 Å². The third-order valence-corrected chi connectivity index (χ3v) is 6.76. The number of urea groups is 2. The van der Waals surface area contributed by atoms with E-state index in [0.717, 1.165) is 63.1 Å². The molecule has 1 aromatic carbocycles. The van der Waals surface area contributed by atoms with Gasteiger partial charge in [0.05, 0.1) is 11.3 Å². The van der Waals surface area contributed by atoms with Crippen molar-refractivity contribution in [1.29, 1.82) is 0 Å². The first-order chi connectivity index (χ1) is 16.4. The monoisotopic (exact) mass is 490 g/mol. The van der Waals surface area contributed by atoms with Gasteiger partial charge in [0.25, 0.3) is 5.91 Å². The number of hydrogen-bond acceptors (Lipinski definition) is 7. The zero-order valence-electron chi connectivity index (χ0n) is 18.9. The van der Waals surface area contributed by atoms with Gasteiger partial charge in [0.1, 0.15) is 0 Å². The maximum atomic E-state index is 12.5. The van der Waals surface area contributed by atoms with E-state index in [0.29, 0.717) is 4.90 Å². The van der Waals surface area contributed by atoms with Crippen LogP contribution in [0.5, 0.6) is 0 Å². The number of esters is 1. The Hall–Kier alpha value is -3.08. The third-order valence-electron chi connectivity index (χ3n) is 5.69. The van der Waals surface area contributed by atoms with Crippen LogP contribution in [0.1, 0.15) is 61.7 Å². The fourth-order valence-corrected chi connectivity index (χ4v) is 4.86. The van der Waals surface area contributed by atoms with Crippen LogP contribution >= 0.6 is 11.8 Å². The van der Waals surface area contributed by atoms with E-state index in [4.69, 9.17) is 4.74 Å². The number of imide groups is 2. The lowest BCUT2D eigenvalue weighted by Gasteiger charge is -2.13. The van der Waals surface area contributed by atoms with Gasteiger partial charge in [-0.25, -0.2) is 14.4 Å². The first-order valence-electron chi connectivity index (χ1n) is 11.5. The molecular weight excluding hydrogens is 460 g/mol. The Balaban J connectivity index is 1.41. The Kier molecular flexibility index (Phi) is 9.75. The molecule has 11 heteroatoms. The highest BCUT2D eigenvalue weighted by atomic mass is 32.2. The number of rotatable bonds is 8. The second-order valence-corrected chi connectivity index (χ2v) is 9.38. The first-order valence-corrected chi connectivity index (χ1v) is 12.5. The Bertz CT molecular complexity index is 912. The smallest absolute Gasteiger partial charge is 0.339 e. The number of hydrogen-bond donors (Lipinski definition) is 4. The number of nitrogens with one attached hydrogen (secondary N) is 4. The summed E-state index contributed by atoms with van der Waals surface area (Å²) in [6.07, 6.45) is 7.81. The lowest BCUT2D eigenvalue weighted by atomic mass is 10.2. The van der Waals surface area contributed by atoms with Gasteiger partial charge in [0.15, 0.2) is 6.61 Å². The number of amides is 6. The van der Waals surface area contributed by atoms with Crippen molar-refractivity contribution >= 4 is 41.6 Å². The van der Waals surface area contributed by atoms with E-state index in [1.54, 1.807) is 18.2 Å². The quantitative estimate of drug-likeness (QED) is 0.324. The average Bonchev–Trinajstić information content (AvgIpc) is 3.50. The second kappa shape index (κ2) is 13.0. The van der Waals surface area contributed by atoms with Gasteiger partial charge in [-0.2, -0.15) is 0 Å². The van der Waals surface area contributed by atoms with Crippen LogP contribution < -0.4 is 21.3 Å². The van der Waals surface area contributed by atoms with Crippen molar-refractivity contribution in [3.8, 4) is 0 Å². The molecule has 2 aliphatic rings.